The number of hydrogen-bond donors (Lipinski definition) is 1. The zero-order chi connectivity index (χ0) is 14.7. The van der Waals surface area contributed by atoms with Crippen molar-refractivity contribution in [1.29, 1.82) is 0 Å². The van der Waals surface area contributed by atoms with Gasteiger partial charge in [-0.15, -0.1) is 0 Å². The first-order valence-electron chi connectivity index (χ1n) is 8.42. The van der Waals surface area contributed by atoms with E-state index in [4.69, 9.17) is 4.74 Å². The Kier molecular flexibility index (Phi) is 3.67. The molecule has 0 aromatic carbocycles. The maximum atomic E-state index is 10.7. The van der Waals surface area contributed by atoms with Gasteiger partial charge in [-0.2, -0.15) is 0 Å². The van der Waals surface area contributed by atoms with Crippen LogP contribution in [0.1, 0.15) is 53.9 Å². The Morgan fingerprint density at radius 1 is 1.25 bits per heavy atom. The minimum Gasteiger partial charge on any atom is -0.389 e. The Balaban J connectivity index is 1.86. The second-order valence-electron chi connectivity index (χ2n) is 8.29. The second-order valence-corrected chi connectivity index (χ2v) is 8.29. The van der Waals surface area contributed by atoms with Gasteiger partial charge in [0, 0.05) is 23.9 Å². The van der Waals surface area contributed by atoms with E-state index in [0.29, 0.717) is 23.9 Å². The molecular weight excluding hydrogens is 250 g/mol. The predicted octanol–water partition coefficient (Wildman–Crippen LogP) is 2.87. The number of hydrogen-bond acceptors (Lipinski definition) is 3. The topological polar surface area (TPSA) is 32.7 Å². The van der Waals surface area contributed by atoms with Gasteiger partial charge in [0.15, 0.2) is 0 Å². The Morgan fingerprint density at radius 2 is 1.95 bits per heavy atom. The Labute approximate surface area is 123 Å². The van der Waals surface area contributed by atoms with E-state index in [-0.39, 0.29) is 17.9 Å². The highest BCUT2D eigenvalue weighted by Gasteiger charge is 2.57. The molecule has 0 radical (unpaired) electrons. The zero-order valence-electron chi connectivity index (χ0n) is 13.7. The van der Waals surface area contributed by atoms with E-state index >= 15 is 0 Å². The molecule has 6 atom stereocenters. The molecule has 1 saturated carbocycles. The summed E-state index contributed by atoms with van der Waals surface area (Å²) >= 11 is 0. The summed E-state index contributed by atoms with van der Waals surface area (Å²) in [6.07, 6.45) is 3.69. The van der Waals surface area contributed by atoms with E-state index in [1.165, 1.54) is 12.8 Å². The van der Waals surface area contributed by atoms with Crippen molar-refractivity contribution in [2.45, 2.75) is 77.9 Å². The molecule has 0 bridgehead atoms. The fraction of sp³-hybridized carbons (Fsp3) is 1.00. The van der Waals surface area contributed by atoms with E-state index in [2.05, 4.69) is 39.5 Å². The summed E-state index contributed by atoms with van der Waals surface area (Å²) < 4.78 is 6.39. The maximum absolute atomic E-state index is 10.7. The van der Waals surface area contributed by atoms with Crippen LogP contribution in [-0.4, -0.2) is 40.5 Å². The third kappa shape index (κ3) is 2.13. The van der Waals surface area contributed by atoms with Crippen LogP contribution in [0.25, 0.3) is 0 Å². The average Bonchev–Trinajstić information content (AvgIpc) is 2.67. The molecule has 116 valence electrons. The number of rotatable bonds is 1. The van der Waals surface area contributed by atoms with Crippen molar-refractivity contribution in [3.05, 3.63) is 0 Å². The molecule has 3 aliphatic rings. The first kappa shape index (κ1) is 14.8. The summed E-state index contributed by atoms with van der Waals surface area (Å²) in [6.45, 7) is 12.5. The number of aliphatic hydroxyl groups is 1. The highest BCUT2D eigenvalue weighted by Crippen LogP contribution is 2.49. The average molecular weight is 281 g/mol. The molecule has 2 unspecified atom stereocenters. The zero-order valence-corrected chi connectivity index (χ0v) is 13.7. The first-order chi connectivity index (χ1) is 9.32. The van der Waals surface area contributed by atoms with Gasteiger partial charge in [-0.05, 0) is 38.5 Å². The molecule has 3 rings (SSSR count). The lowest BCUT2D eigenvalue weighted by Gasteiger charge is -2.55. The number of aliphatic hydroxyl groups excluding tert-OH is 1. The Hall–Kier alpha value is -0.120. The molecular formula is C17H31NO2. The van der Waals surface area contributed by atoms with Gasteiger partial charge in [0.05, 0.1) is 12.2 Å². The van der Waals surface area contributed by atoms with Crippen LogP contribution in [0.3, 0.4) is 0 Å². The summed E-state index contributed by atoms with van der Waals surface area (Å²) in [4.78, 5) is 2.46. The molecule has 3 heteroatoms. The largest absolute Gasteiger partial charge is 0.389 e. The maximum Gasteiger partial charge on any atom is 0.137 e. The fourth-order valence-corrected chi connectivity index (χ4v) is 4.84. The molecule has 2 heterocycles. The van der Waals surface area contributed by atoms with E-state index in [0.717, 1.165) is 18.9 Å². The lowest BCUT2D eigenvalue weighted by Crippen LogP contribution is -2.64. The van der Waals surface area contributed by atoms with Gasteiger partial charge in [0.1, 0.15) is 6.23 Å². The molecule has 1 aliphatic carbocycles. The van der Waals surface area contributed by atoms with Crippen molar-refractivity contribution in [2.75, 3.05) is 6.54 Å². The van der Waals surface area contributed by atoms with Crippen LogP contribution < -0.4 is 0 Å². The molecule has 0 aromatic heterocycles. The Bertz CT molecular complexity index is 368. The molecule has 0 aromatic rings. The third-order valence-electron chi connectivity index (χ3n) is 6.32. The molecule has 20 heavy (non-hydrogen) atoms. The summed E-state index contributed by atoms with van der Waals surface area (Å²) in [7, 11) is 0. The SMILES string of the molecule is CC(C)[C@@H]1CN2[C@@H](OC3C[C@H](C)CCC3C2(C)C)[C@@H]1O. The van der Waals surface area contributed by atoms with Crippen molar-refractivity contribution >= 4 is 0 Å². The molecule has 3 nitrogen and oxygen atoms in total. The van der Waals surface area contributed by atoms with Crippen molar-refractivity contribution in [3.8, 4) is 0 Å². The summed E-state index contributed by atoms with van der Waals surface area (Å²) in [5, 5.41) is 10.7. The minimum absolute atomic E-state index is 0.0797. The molecule has 0 spiro atoms. The quantitative estimate of drug-likeness (QED) is 0.802. The monoisotopic (exact) mass is 281 g/mol. The van der Waals surface area contributed by atoms with Gasteiger partial charge in [-0.3, -0.25) is 4.90 Å². The van der Waals surface area contributed by atoms with E-state index in [1.807, 2.05) is 0 Å². The number of nitrogens with zero attached hydrogens (tertiary/aromatic N) is 1. The first-order valence-corrected chi connectivity index (χ1v) is 8.42. The molecule has 0 amide bonds. The lowest BCUT2D eigenvalue weighted by molar-refractivity contribution is -0.237. The molecule has 1 N–H and O–H groups in total. The van der Waals surface area contributed by atoms with E-state index in [9.17, 15) is 5.11 Å². The third-order valence-corrected chi connectivity index (χ3v) is 6.32. The van der Waals surface area contributed by atoms with E-state index in [1.54, 1.807) is 0 Å². The number of ether oxygens (including phenoxy) is 1. The van der Waals surface area contributed by atoms with Gasteiger partial charge in [-0.1, -0.05) is 27.2 Å². The van der Waals surface area contributed by atoms with Crippen molar-refractivity contribution in [2.24, 2.45) is 23.7 Å². The molecule has 2 aliphatic heterocycles. The van der Waals surface area contributed by atoms with Crippen LogP contribution in [-0.2, 0) is 4.74 Å². The van der Waals surface area contributed by atoms with Crippen LogP contribution in [0, 0.1) is 23.7 Å². The highest BCUT2D eigenvalue weighted by molar-refractivity contribution is 5.06. The van der Waals surface area contributed by atoms with Crippen molar-refractivity contribution in [1.82, 2.24) is 4.90 Å². The standard InChI is InChI=1S/C17H31NO2/c1-10(2)12-9-18-16(15(12)19)20-14-8-11(3)6-7-13(14)17(18,4)5/h10-16,19H,6-9H2,1-5H3/t11-,12+,13?,14?,15-,16+/m1/s1. The lowest BCUT2D eigenvalue weighted by atomic mass is 9.70. The molecule has 3 fully saturated rings. The van der Waals surface area contributed by atoms with E-state index < -0.39 is 0 Å². The summed E-state index contributed by atoms with van der Waals surface area (Å²) in [5.74, 6) is 2.24. The molecule has 2 saturated heterocycles. The highest BCUT2D eigenvalue weighted by atomic mass is 16.5. The fourth-order valence-electron chi connectivity index (χ4n) is 4.84. The van der Waals surface area contributed by atoms with Gasteiger partial charge < -0.3 is 9.84 Å². The van der Waals surface area contributed by atoms with Crippen LogP contribution in [0.15, 0.2) is 0 Å². The van der Waals surface area contributed by atoms with Gasteiger partial charge >= 0.3 is 0 Å². The Morgan fingerprint density at radius 3 is 2.60 bits per heavy atom. The van der Waals surface area contributed by atoms with Crippen LogP contribution in [0.2, 0.25) is 0 Å². The summed E-state index contributed by atoms with van der Waals surface area (Å²) in [5.41, 5.74) is 0.151. The van der Waals surface area contributed by atoms with Gasteiger partial charge in [-0.25, -0.2) is 0 Å². The second kappa shape index (κ2) is 4.96. The van der Waals surface area contributed by atoms with Crippen molar-refractivity contribution < 1.29 is 9.84 Å². The van der Waals surface area contributed by atoms with Crippen LogP contribution >= 0.6 is 0 Å². The smallest absolute Gasteiger partial charge is 0.137 e. The normalized spacial score (nSPS) is 48.1. The number of fused-ring (bicyclic) bond motifs is 2. The summed E-state index contributed by atoms with van der Waals surface area (Å²) in [6, 6.07) is 0. The minimum atomic E-state index is -0.326. The van der Waals surface area contributed by atoms with Gasteiger partial charge in [0.25, 0.3) is 0 Å². The van der Waals surface area contributed by atoms with Gasteiger partial charge in [0.2, 0.25) is 0 Å². The van der Waals surface area contributed by atoms with Crippen molar-refractivity contribution in [3.63, 3.8) is 0 Å². The predicted molar refractivity (Wildman–Crippen MR) is 80.3 cm³/mol. The van der Waals surface area contributed by atoms with Crippen LogP contribution in [0.4, 0.5) is 0 Å². The van der Waals surface area contributed by atoms with Crippen LogP contribution in [0.5, 0.6) is 0 Å².